The van der Waals surface area contributed by atoms with Gasteiger partial charge in [0.1, 0.15) is 5.82 Å². The third-order valence-corrected chi connectivity index (χ3v) is 3.67. The molecule has 1 N–H and O–H groups in total. The molecule has 0 spiro atoms. The molecular weight excluding hydrogens is 278 g/mol. The minimum Gasteiger partial charge on any atom is -0.316 e. The number of aromatic nitrogens is 2. The van der Waals surface area contributed by atoms with Crippen molar-refractivity contribution >= 4 is 11.7 Å². The van der Waals surface area contributed by atoms with E-state index >= 15 is 0 Å². The molecule has 3 heterocycles. The molecule has 6 nitrogen and oxygen atoms in total. The van der Waals surface area contributed by atoms with Crippen LogP contribution in [0, 0.1) is 17.4 Å². The first-order chi connectivity index (χ1) is 10.8. The molecule has 1 saturated heterocycles. The number of hydrogen-bond donors (Lipinski definition) is 1. The van der Waals surface area contributed by atoms with E-state index in [9.17, 15) is 10.1 Å². The normalized spacial score (nSPS) is 17.0. The Morgan fingerprint density at radius 2 is 2.23 bits per heavy atom. The van der Waals surface area contributed by atoms with Crippen molar-refractivity contribution in [2.24, 2.45) is 5.92 Å². The van der Waals surface area contributed by atoms with Crippen LogP contribution in [0.15, 0.2) is 42.7 Å². The van der Waals surface area contributed by atoms with Crippen LogP contribution >= 0.6 is 0 Å². The fourth-order valence-corrected chi connectivity index (χ4v) is 2.46. The van der Waals surface area contributed by atoms with Gasteiger partial charge in [0.2, 0.25) is 5.91 Å². The molecule has 0 bridgehead atoms. The fourth-order valence-electron chi connectivity index (χ4n) is 2.46. The molecule has 1 fully saturated rings. The second-order valence-corrected chi connectivity index (χ2v) is 5.08. The predicted molar refractivity (Wildman–Crippen MR) is 81.5 cm³/mol. The minimum absolute atomic E-state index is 0.156. The van der Waals surface area contributed by atoms with Crippen molar-refractivity contribution in [1.82, 2.24) is 15.3 Å². The maximum absolute atomic E-state index is 12.3. The Labute approximate surface area is 128 Å². The first kappa shape index (κ1) is 14.2. The summed E-state index contributed by atoms with van der Waals surface area (Å²) in [4.78, 5) is 21.9. The molecule has 1 amide bonds. The number of nitrogens with zero attached hydrogens (tertiary/aromatic N) is 4. The van der Waals surface area contributed by atoms with E-state index in [0.29, 0.717) is 12.4 Å². The van der Waals surface area contributed by atoms with Crippen LogP contribution < -0.4 is 10.2 Å². The zero-order valence-corrected chi connectivity index (χ0v) is 11.9. The van der Waals surface area contributed by atoms with Gasteiger partial charge in [-0.3, -0.25) is 9.78 Å². The lowest BCUT2D eigenvalue weighted by atomic mass is 10.1. The van der Waals surface area contributed by atoms with Crippen LogP contribution in [-0.4, -0.2) is 29.0 Å². The van der Waals surface area contributed by atoms with Crippen LogP contribution in [0.4, 0.5) is 5.82 Å². The van der Waals surface area contributed by atoms with Crippen LogP contribution in [0.5, 0.6) is 0 Å². The van der Waals surface area contributed by atoms with E-state index in [1.54, 1.807) is 18.5 Å². The Kier molecular flexibility index (Phi) is 4.08. The molecule has 3 rings (SSSR count). The monoisotopic (exact) mass is 293 g/mol. The van der Waals surface area contributed by atoms with E-state index < -0.39 is 0 Å². The summed E-state index contributed by atoms with van der Waals surface area (Å²) in [5, 5.41) is 12.4. The average molecular weight is 293 g/mol. The van der Waals surface area contributed by atoms with Gasteiger partial charge in [0.15, 0.2) is 6.19 Å². The molecule has 1 aliphatic heterocycles. The Morgan fingerprint density at radius 1 is 1.32 bits per heavy atom. The molecule has 0 aliphatic carbocycles. The number of pyridine rings is 2. The number of carbonyl (C=O) groups is 1. The summed E-state index contributed by atoms with van der Waals surface area (Å²) in [5.74, 6) is -0.0124. The fraction of sp³-hybridized carbons (Fsp3) is 0.250. The first-order valence-corrected chi connectivity index (χ1v) is 7.11. The molecule has 22 heavy (non-hydrogen) atoms. The molecule has 6 heteroatoms. The van der Waals surface area contributed by atoms with Gasteiger partial charge in [0, 0.05) is 24.5 Å². The molecule has 2 aromatic rings. The summed E-state index contributed by atoms with van der Waals surface area (Å²) in [5.41, 5.74) is 1.65. The summed E-state index contributed by atoms with van der Waals surface area (Å²) in [6, 6.07) is 9.11. The third kappa shape index (κ3) is 2.80. The maximum atomic E-state index is 12.3. The molecule has 2 aromatic heterocycles. The van der Waals surface area contributed by atoms with Crippen molar-refractivity contribution in [3.05, 3.63) is 42.7 Å². The van der Waals surface area contributed by atoms with Crippen LogP contribution in [0.2, 0.25) is 0 Å². The second kappa shape index (κ2) is 6.33. The number of anilines is 1. The summed E-state index contributed by atoms with van der Waals surface area (Å²) >= 11 is 0. The van der Waals surface area contributed by atoms with Crippen molar-refractivity contribution in [2.45, 2.75) is 6.42 Å². The number of amides is 1. The number of hydrogen-bond acceptors (Lipinski definition) is 5. The van der Waals surface area contributed by atoms with E-state index in [1.165, 1.54) is 0 Å². The summed E-state index contributed by atoms with van der Waals surface area (Å²) < 4.78 is 0. The second-order valence-electron chi connectivity index (χ2n) is 5.08. The zero-order valence-electron chi connectivity index (χ0n) is 11.9. The van der Waals surface area contributed by atoms with Crippen molar-refractivity contribution in [3.8, 4) is 17.5 Å². The third-order valence-electron chi connectivity index (χ3n) is 3.67. The number of nitrogens with one attached hydrogen (secondary N) is 1. The predicted octanol–water partition coefficient (Wildman–Crippen LogP) is 1.57. The Bertz CT molecular complexity index is 687. The van der Waals surface area contributed by atoms with Gasteiger partial charge in [-0.05, 0) is 37.2 Å². The summed E-state index contributed by atoms with van der Waals surface area (Å²) in [6.07, 6.45) is 6.02. The van der Waals surface area contributed by atoms with E-state index in [0.717, 1.165) is 29.1 Å². The quantitative estimate of drug-likeness (QED) is 0.686. The van der Waals surface area contributed by atoms with Gasteiger partial charge in [-0.1, -0.05) is 6.07 Å². The van der Waals surface area contributed by atoms with Crippen LogP contribution in [-0.2, 0) is 4.79 Å². The molecular formula is C16H15N5O. The lowest BCUT2D eigenvalue weighted by Gasteiger charge is -2.16. The van der Waals surface area contributed by atoms with E-state index in [-0.39, 0.29) is 11.8 Å². The molecule has 1 aliphatic rings. The molecule has 0 aromatic carbocycles. The summed E-state index contributed by atoms with van der Waals surface area (Å²) in [7, 11) is 0. The molecule has 1 unspecified atom stereocenters. The van der Waals surface area contributed by atoms with Crippen LogP contribution in [0.25, 0.3) is 11.3 Å². The van der Waals surface area contributed by atoms with Gasteiger partial charge in [-0.15, -0.1) is 0 Å². The lowest BCUT2D eigenvalue weighted by Crippen LogP contribution is -2.34. The van der Waals surface area contributed by atoms with Crippen molar-refractivity contribution < 1.29 is 4.79 Å². The maximum Gasteiger partial charge on any atom is 0.246 e. The highest BCUT2D eigenvalue weighted by Gasteiger charge is 2.28. The average Bonchev–Trinajstić information content (AvgIpc) is 3.11. The molecule has 110 valence electrons. The molecule has 0 radical (unpaired) electrons. The van der Waals surface area contributed by atoms with Gasteiger partial charge in [-0.25, -0.2) is 4.98 Å². The van der Waals surface area contributed by atoms with Crippen molar-refractivity contribution in [2.75, 3.05) is 18.0 Å². The highest BCUT2D eigenvalue weighted by atomic mass is 16.2. The Morgan fingerprint density at radius 3 is 2.82 bits per heavy atom. The molecule has 0 saturated carbocycles. The van der Waals surface area contributed by atoms with Crippen molar-refractivity contribution in [3.63, 3.8) is 0 Å². The highest BCUT2D eigenvalue weighted by molar-refractivity contribution is 5.97. The Hall–Kier alpha value is -2.78. The SMILES string of the molecule is N#CN(C(=O)C1CCNC1)c1ccc(-c2ccccn2)cn1. The standard InChI is InChI=1S/C16H15N5O/c17-11-21(16(22)13-6-8-18-9-13)15-5-4-12(10-20-15)14-3-1-2-7-19-14/h1-5,7,10,13,18H,6,8-9H2. The smallest absolute Gasteiger partial charge is 0.246 e. The lowest BCUT2D eigenvalue weighted by molar-refractivity contribution is -0.121. The van der Waals surface area contributed by atoms with Gasteiger partial charge in [0.05, 0.1) is 11.6 Å². The number of carbonyl (C=O) groups excluding carboxylic acids is 1. The minimum atomic E-state index is -0.203. The van der Waals surface area contributed by atoms with Gasteiger partial charge >= 0.3 is 0 Å². The largest absolute Gasteiger partial charge is 0.316 e. The van der Waals surface area contributed by atoms with Gasteiger partial charge in [-0.2, -0.15) is 10.2 Å². The van der Waals surface area contributed by atoms with E-state index in [1.807, 2.05) is 30.5 Å². The van der Waals surface area contributed by atoms with Crippen LogP contribution in [0.1, 0.15) is 6.42 Å². The van der Waals surface area contributed by atoms with Gasteiger partial charge < -0.3 is 5.32 Å². The number of nitriles is 1. The highest BCUT2D eigenvalue weighted by Crippen LogP contribution is 2.21. The van der Waals surface area contributed by atoms with Gasteiger partial charge in [0.25, 0.3) is 0 Å². The molecule has 1 atom stereocenters. The number of rotatable bonds is 3. The van der Waals surface area contributed by atoms with Crippen molar-refractivity contribution in [1.29, 1.82) is 5.26 Å². The Balaban J connectivity index is 1.82. The topological polar surface area (TPSA) is 81.9 Å². The summed E-state index contributed by atoms with van der Waals surface area (Å²) in [6.45, 7) is 1.42. The zero-order chi connectivity index (χ0) is 15.4. The van der Waals surface area contributed by atoms with Crippen LogP contribution in [0.3, 0.4) is 0 Å². The first-order valence-electron chi connectivity index (χ1n) is 7.11. The van der Waals surface area contributed by atoms with E-state index in [4.69, 9.17) is 0 Å². The van der Waals surface area contributed by atoms with E-state index in [2.05, 4.69) is 15.3 Å².